The number of nitrogen functional groups attached to an aromatic ring is 1. The van der Waals surface area contributed by atoms with E-state index in [-0.39, 0.29) is 23.2 Å². The Bertz CT molecular complexity index is 504. The van der Waals surface area contributed by atoms with Crippen LogP contribution in [0.2, 0.25) is 0 Å². The Labute approximate surface area is 103 Å². The molecule has 1 aromatic heterocycles. The van der Waals surface area contributed by atoms with Gasteiger partial charge in [-0.2, -0.15) is 0 Å². The summed E-state index contributed by atoms with van der Waals surface area (Å²) in [6, 6.07) is 2.04. The molecule has 8 nitrogen and oxygen atoms in total. The maximum absolute atomic E-state index is 11.7. The van der Waals surface area contributed by atoms with Crippen molar-refractivity contribution in [3.05, 3.63) is 22.2 Å². The number of nitrogens with zero attached hydrogens (tertiary/aromatic N) is 3. The molecule has 1 amide bonds. The zero-order valence-electron chi connectivity index (χ0n) is 9.79. The molecule has 1 aromatic rings. The van der Waals surface area contributed by atoms with Crippen LogP contribution in [0.3, 0.4) is 0 Å². The number of aromatic nitrogens is 1. The first-order valence-corrected chi connectivity index (χ1v) is 5.41. The number of rotatable bonds is 3. The number of nitro groups is 1. The fraction of sp³-hybridized carbons (Fsp3) is 0.400. The highest BCUT2D eigenvalue weighted by atomic mass is 16.6. The summed E-state index contributed by atoms with van der Waals surface area (Å²) in [5.74, 6) is 0.239. The normalized spacial score (nSPS) is 19.1. The molecule has 1 atom stereocenters. The molecule has 1 aliphatic rings. The van der Waals surface area contributed by atoms with Gasteiger partial charge in [-0.3, -0.25) is 14.9 Å². The van der Waals surface area contributed by atoms with Gasteiger partial charge in [-0.25, -0.2) is 4.98 Å². The smallest absolute Gasteiger partial charge is 0.276 e. The third kappa shape index (κ3) is 2.31. The predicted octanol–water partition coefficient (Wildman–Crippen LogP) is 0.215. The fourth-order valence-electron chi connectivity index (χ4n) is 1.85. The molecule has 18 heavy (non-hydrogen) atoms. The van der Waals surface area contributed by atoms with Crippen LogP contribution >= 0.6 is 0 Å². The number of hydrogen-bond acceptors (Lipinski definition) is 6. The zero-order valence-corrected chi connectivity index (χ0v) is 9.79. The molecule has 0 spiro atoms. The van der Waals surface area contributed by atoms with Crippen molar-refractivity contribution in [2.24, 2.45) is 0 Å². The summed E-state index contributed by atoms with van der Waals surface area (Å²) < 4.78 is 0. The lowest BCUT2D eigenvalue weighted by Gasteiger charge is -2.12. The van der Waals surface area contributed by atoms with Crippen LogP contribution in [0, 0.1) is 10.1 Å². The Balaban J connectivity index is 2.19. The van der Waals surface area contributed by atoms with Gasteiger partial charge in [-0.1, -0.05) is 0 Å². The number of amides is 1. The minimum Gasteiger partial charge on any atom is -0.383 e. The highest BCUT2D eigenvalue weighted by Crippen LogP contribution is 2.21. The Kier molecular flexibility index (Phi) is 3.00. The van der Waals surface area contributed by atoms with Gasteiger partial charge in [0.05, 0.1) is 17.1 Å². The molecular formula is C10H13N5O3. The number of carbonyl (C=O) groups excluding carboxylic acids is 1. The van der Waals surface area contributed by atoms with Gasteiger partial charge >= 0.3 is 0 Å². The van der Waals surface area contributed by atoms with Gasteiger partial charge in [0.1, 0.15) is 17.7 Å². The Morgan fingerprint density at radius 2 is 2.33 bits per heavy atom. The summed E-state index contributed by atoms with van der Waals surface area (Å²) in [7, 11) is 1.71. The summed E-state index contributed by atoms with van der Waals surface area (Å²) >= 11 is 0. The fourth-order valence-corrected chi connectivity index (χ4v) is 1.85. The van der Waals surface area contributed by atoms with Crippen LogP contribution in [-0.2, 0) is 4.79 Å². The topological polar surface area (TPSA) is 114 Å². The number of hydrogen-bond donors (Lipinski definition) is 2. The van der Waals surface area contributed by atoms with E-state index in [1.807, 2.05) is 0 Å². The summed E-state index contributed by atoms with van der Waals surface area (Å²) in [4.78, 5) is 27.3. The summed E-state index contributed by atoms with van der Waals surface area (Å²) in [6.45, 7) is 0.654. The monoisotopic (exact) mass is 251 g/mol. The van der Waals surface area contributed by atoms with Crippen LogP contribution in [0.1, 0.15) is 6.42 Å². The molecule has 0 bridgehead atoms. The van der Waals surface area contributed by atoms with Crippen LogP contribution in [0.15, 0.2) is 12.1 Å². The molecule has 0 saturated carbocycles. The lowest BCUT2D eigenvalue weighted by Crippen LogP contribution is -2.31. The van der Waals surface area contributed by atoms with Gasteiger partial charge in [-0.05, 0) is 6.42 Å². The van der Waals surface area contributed by atoms with E-state index in [0.717, 1.165) is 0 Å². The predicted molar refractivity (Wildman–Crippen MR) is 65.0 cm³/mol. The van der Waals surface area contributed by atoms with E-state index in [1.165, 1.54) is 12.1 Å². The maximum Gasteiger partial charge on any atom is 0.276 e. The van der Waals surface area contributed by atoms with Gasteiger partial charge in [-0.15, -0.1) is 0 Å². The second-order valence-corrected chi connectivity index (χ2v) is 4.14. The number of anilines is 2. The number of nitrogens with two attached hydrogens (primary N) is 1. The molecule has 8 heteroatoms. The number of likely N-dealkylation sites (N-methyl/N-ethyl adjacent to an activating group) is 1. The Morgan fingerprint density at radius 3 is 2.89 bits per heavy atom. The molecule has 1 fully saturated rings. The second-order valence-electron chi connectivity index (χ2n) is 4.14. The minimum atomic E-state index is -0.550. The van der Waals surface area contributed by atoms with Crippen molar-refractivity contribution in [1.29, 1.82) is 0 Å². The SMILES string of the molecule is CN1CCC(Nc2cc([N+](=O)[O-])cc(N)n2)C1=O. The van der Waals surface area contributed by atoms with Crippen LogP contribution < -0.4 is 11.1 Å². The van der Waals surface area contributed by atoms with E-state index >= 15 is 0 Å². The number of carbonyl (C=O) groups is 1. The van der Waals surface area contributed by atoms with E-state index in [1.54, 1.807) is 11.9 Å². The Morgan fingerprint density at radius 1 is 1.61 bits per heavy atom. The van der Waals surface area contributed by atoms with Crippen molar-refractivity contribution in [3.63, 3.8) is 0 Å². The molecular weight excluding hydrogens is 238 g/mol. The van der Waals surface area contributed by atoms with E-state index in [2.05, 4.69) is 10.3 Å². The zero-order chi connectivity index (χ0) is 13.3. The molecule has 1 unspecified atom stereocenters. The summed E-state index contributed by atoms with van der Waals surface area (Å²) in [5, 5.41) is 13.5. The van der Waals surface area contributed by atoms with Gasteiger partial charge in [0.25, 0.3) is 5.69 Å². The van der Waals surface area contributed by atoms with Crippen LogP contribution in [0.25, 0.3) is 0 Å². The first kappa shape index (κ1) is 12.1. The number of nitrogens with one attached hydrogen (secondary N) is 1. The molecule has 1 aliphatic heterocycles. The first-order valence-electron chi connectivity index (χ1n) is 5.41. The van der Waals surface area contributed by atoms with Crippen LogP contribution in [-0.4, -0.2) is 40.3 Å². The maximum atomic E-state index is 11.7. The van der Waals surface area contributed by atoms with Crippen molar-refractivity contribution in [2.45, 2.75) is 12.5 Å². The molecule has 2 heterocycles. The summed E-state index contributed by atoms with van der Waals surface area (Å²) in [6.07, 6.45) is 0.639. The second kappa shape index (κ2) is 4.47. The van der Waals surface area contributed by atoms with Gasteiger partial charge in [0.15, 0.2) is 0 Å². The quantitative estimate of drug-likeness (QED) is 0.586. The van der Waals surface area contributed by atoms with Crippen molar-refractivity contribution >= 4 is 23.2 Å². The van der Waals surface area contributed by atoms with Gasteiger partial charge < -0.3 is 16.0 Å². The number of pyridine rings is 1. The third-order valence-corrected chi connectivity index (χ3v) is 2.79. The first-order chi connectivity index (χ1) is 8.47. The van der Waals surface area contributed by atoms with E-state index < -0.39 is 11.0 Å². The minimum absolute atomic E-state index is 0.0468. The standard InChI is InChI=1S/C10H13N5O3/c1-14-3-2-7(10(14)16)12-9-5-6(15(17)18)4-8(11)13-9/h4-5,7H,2-3H2,1H3,(H3,11,12,13). The molecule has 0 radical (unpaired) electrons. The van der Waals surface area contributed by atoms with E-state index in [9.17, 15) is 14.9 Å². The van der Waals surface area contributed by atoms with Crippen molar-refractivity contribution in [3.8, 4) is 0 Å². The number of likely N-dealkylation sites (tertiary alicyclic amines) is 1. The van der Waals surface area contributed by atoms with Crippen LogP contribution in [0.5, 0.6) is 0 Å². The van der Waals surface area contributed by atoms with E-state index in [0.29, 0.717) is 13.0 Å². The van der Waals surface area contributed by atoms with E-state index in [4.69, 9.17) is 5.73 Å². The summed E-state index contributed by atoms with van der Waals surface area (Å²) in [5.41, 5.74) is 5.33. The van der Waals surface area contributed by atoms with Crippen LogP contribution in [0.4, 0.5) is 17.3 Å². The van der Waals surface area contributed by atoms with Crippen molar-refractivity contribution in [2.75, 3.05) is 24.6 Å². The molecule has 2 rings (SSSR count). The molecule has 1 saturated heterocycles. The highest BCUT2D eigenvalue weighted by molar-refractivity contribution is 5.86. The molecule has 96 valence electrons. The largest absolute Gasteiger partial charge is 0.383 e. The molecule has 0 aromatic carbocycles. The molecule has 3 N–H and O–H groups in total. The average molecular weight is 251 g/mol. The van der Waals surface area contributed by atoms with Gasteiger partial charge in [0.2, 0.25) is 5.91 Å². The van der Waals surface area contributed by atoms with Crippen molar-refractivity contribution < 1.29 is 9.72 Å². The average Bonchev–Trinajstić information content (AvgIpc) is 2.60. The highest BCUT2D eigenvalue weighted by Gasteiger charge is 2.29. The third-order valence-electron chi connectivity index (χ3n) is 2.79. The lowest BCUT2D eigenvalue weighted by atomic mass is 10.2. The lowest BCUT2D eigenvalue weighted by molar-refractivity contribution is -0.384. The van der Waals surface area contributed by atoms with Gasteiger partial charge in [0, 0.05) is 13.6 Å². The van der Waals surface area contributed by atoms with Crippen molar-refractivity contribution in [1.82, 2.24) is 9.88 Å². The molecule has 0 aliphatic carbocycles. The Hall–Kier alpha value is -2.38.